The summed E-state index contributed by atoms with van der Waals surface area (Å²) in [6, 6.07) is 2.99. The van der Waals surface area contributed by atoms with Crippen molar-refractivity contribution in [1.82, 2.24) is 10.0 Å². The molecule has 1 aromatic rings. The lowest BCUT2D eigenvalue weighted by atomic mass is 9.80. The largest absolute Gasteiger partial charge is 0.437 e. The number of sulfonamides is 1. The van der Waals surface area contributed by atoms with Crippen LogP contribution in [0.3, 0.4) is 0 Å². The zero-order valence-corrected chi connectivity index (χ0v) is 13.7. The Morgan fingerprint density at radius 3 is 2.70 bits per heavy atom. The summed E-state index contributed by atoms with van der Waals surface area (Å²) >= 11 is 3.10. The molecule has 0 spiro atoms. The van der Waals surface area contributed by atoms with E-state index in [1.54, 1.807) is 13.2 Å². The Kier molecular flexibility index (Phi) is 5.25. The maximum Gasteiger partial charge on any atom is 0.274 e. The third kappa shape index (κ3) is 3.82. The molecule has 114 valence electrons. The van der Waals surface area contributed by atoms with Gasteiger partial charge in [0.05, 0.1) is 6.61 Å². The summed E-state index contributed by atoms with van der Waals surface area (Å²) in [4.78, 5) is 0. The van der Waals surface area contributed by atoms with Gasteiger partial charge in [-0.1, -0.05) is 0 Å². The quantitative estimate of drug-likeness (QED) is 0.793. The molecule has 1 aliphatic heterocycles. The lowest BCUT2D eigenvalue weighted by Gasteiger charge is -2.36. The van der Waals surface area contributed by atoms with Crippen molar-refractivity contribution in [3.8, 4) is 0 Å². The highest BCUT2D eigenvalue weighted by Crippen LogP contribution is 2.29. The van der Waals surface area contributed by atoms with Crippen LogP contribution in [0.15, 0.2) is 26.3 Å². The first-order valence-electron chi connectivity index (χ1n) is 6.42. The topological polar surface area (TPSA) is 80.6 Å². The van der Waals surface area contributed by atoms with E-state index in [0.717, 1.165) is 25.9 Å². The molecule has 0 unspecified atom stereocenters. The van der Waals surface area contributed by atoms with E-state index in [0.29, 0.717) is 17.8 Å². The summed E-state index contributed by atoms with van der Waals surface area (Å²) < 4.78 is 37.7. The first-order chi connectivity index (χ1) is 9.47. The lowest BCUT2D eigenvalue weighted by molar-refractivity contribution is 0.0576. The molecule has 1 fully saturated rings. The van der Waals surface area contributed by atoms with Gasteiger partial charge in [-0.3, -0.25) is 0 Å². The Bertz CT molecular complexity index is 532. The summed E-state index contributed by atoms with van der Waals surface area (Å²) in [5.74, 6) is 0. The van der Waals surface area contributed by atoms with Crippen LogP contribution in [0.4, 0.5) is 0 Å². The Morgan fingerprint density at radius 1 is 1.45 bits per heavy atom. The van der Waals surface area contributed by atoms with E-state index in [4.69, 9.17) is 9.15 Å². The average Bonchev–Trinajstić information content (AvgIpc) is 2.86. The summed E-state index contributed by atoms with van der Waals surface area (Å²) in [5.41, 5.74) is -0.156. The monoisotopic (exact) mass is 366 g/mol. The van der Waals surface area contributed by atoms with Gasteiger partial charge in [0.25, 0.3) is 10.0 Å². The number of hydrogen-bond acceptors (Lipinski definition) is 5. The van der Waals surface area contributed by atoms with E-state index >= 15 is 0 Å². The Hall–Kier alpha value is -0.410. The molecule has 2 heterocycles. The van der Waals surface area contributed by atoms with Crippen molar-refractivity contribution >= 4 is 26.0 Å². The van der Waals surface area contributed by atoms with Gasteiger partial charge in [0, 0.05) is 19.1 Å². The summed E-state index contributed by atoms with van der Waals surface area (Å²) in [6.07, 6.45) is 1.76. The molecule has 0 radical (unpaired) electrons. The van der Waals surface area contributed by atoms with E-state index in [-0.39, 0.29) is 10.5 Å². The van der Waals surface area contributed by atoms with Crippen LogP contribution in [-0.4, -0.2) is 41.8 Å². The van der Waals surface area contributed by atoms with Crippen LogP contribution in [0, 0.1) is 5.41 Å². The first-order valence-corrected chi connectivity index (χ1v) is 8.70. The number of methoxy groups -OCH3 is 1. The highest BCUT2D eigenvalue weighted by molar-refractivity contribution is 9.10. The normalized spacial score (nSPS) is 19.1. The number of halogens is 1. The first kappa shape index (κ1) is 16.0. The van der Waals surface area contributed by atoms with Crippen LogP contribution in [-0.2, 0) is 14.8 Å². The third-order valence-corrected chi connectivity index (χ3v) is 5.27. The molecule has 0 saturated carbocycles. The summed E-state index contributed by atoms with van der Waals surface area (Å²) in [5, 5.41) is 3.19. The van der Waals surface area contributed by atoms with E-state index in [1.165, 1.54) is 6.07 Å². The zero-order valence-electron chi connectivity index (χ0n) is 11.3. The van der Waals surface area contributed by atoms with Crippen molar-refractivity contribution in [2.75, 3.05) is 33.4 Å². The third-order valence-electron chi connectivity index (χ3n) is 3.57. The highest BCUT2D eigenvalue weighted by atomic mass is 79.9. The Balaban J connectivity index is 2.05. The molecule has 0 amide bonds. The van der Waals surface area contributed by atoms with Crippen molar-refractivity contribution in [2.24, 2.45) is 5.41 Å². The molecule has 2 rings (SSSR count). The van der Waals surface area contributed by atoms with Gasteiger partial charge in [0.2, 0.25) is 5.09 Å². The van der Waals surface area contributed by atoms with Crippen molar-refractivity contribution in [3.05, 3.63) is 16.8 Å². The lowest BCUT2D eigenvalue weighted by Crippen LogP contribution is -2.47. The highest BCUT2D eigenvalue weighted by Gasteiger charge is 2.34. The van der Waals surface area contributed by atoms with Crippen LogP contribution in [0.25, 0.3) is 0 Å². The fourth-order valence-electron chi connectivity index (χ4n) is 2.40. The molecular weight excluding hydrogens is 348 g/mol. The van der Waals surface area contributed by atoms with E-state index < -0.39 is 10.0 Å². The predicted molar refractivity (Wildman–Crippen MR) is 78.0 cm³/mol. The molecule has 6 nitrogen and oxygen atoms in total. The number of ether oxygens (including phenoxy) is 1. The maximum atomic E-state index is 12.2. The van der Waals surface area contributed by atoms with Gasteiger partial charge in [-0.15, -0.1) is 0 Å². The second-order valence-corrected chi connectivity index (χ2v) is 7.55. The van der Waals surface area contributed by atoms with Crippen molar-refractivity contribution < 1.29 is 17.6 Å². The standard InChI is InChI=1S/C12H19BrN2O4S/c1-18-9-12(4-6-14-7-5-12)8-15-20(16,17)11-3-2-10(13)19-11/h2-3,14-15H,4-9H2,1H3. The second kappa shape index (κ2) is 6.57. The molecule has 0 atom stereocenters. The number of rotatable bonds is 6. The van der Waals surface area contributed by atoms with Crippen LogP contribution >= 0.6 is 15.9 Å². The second-order valence-electron chi connectivity index (χ2n) is 5.07. The van der Waals surface area contributed by atoms with Gasteiger partial charge in [-0.25, -0.2) is 13.1 Å². The molecule has 20 heavy (non-hydrogen) atoms. The Labute approximate surface area is 127 Å². The maximum absolute atomic E-state index is 12.2. The van der Waals surface area contributed by atoms with Gasteiger partial charge in [0.15, 0.2) is 4.67 Å². The van der Waals surface area contributed by atoms with E-state index in [1.807, 2.05) is 0 Å². The average molecular weight is 367 g/mol. The van der Waals surface area contributed by atoms with Crippen molar-refractivity contribution in [2.45, 2.75) is 17.9 Å². The van der Waals surface area contributed by atoms with Gasteiger partial charge in [-0.2, -0.15) is 0 Å². The molecule has 2 N–H and O–H groups in total. The predicted octanol–water partition coefficient (Wildman–Crippen LogP) is 1.34. The molecule has 8 heteroatoms. The minimum absolute atomic E-state index is 0.0779. The van der Waals surface area contributed by atoms with Crippen LogP contribution in [0.2, 0.25) is 0 Å². The number of hydrogen-bond donors (Lipinski definition) is 2. The molecule has 1 aromatic heterocycles. The van der Waals surface area contributed by atoms with Gasteiger partial charge in [0.1, 0.15) is 0 Å². The number of nitrogens with one attached hydrogen (secondary N) is 2. The van der Waals surface area contributed by atoms with Crippen LogP contribution in [0.1, 0.15) is 12.8 Å². The number of furan rings is 1. The molecule has 1 aliphatic rings. The zero-order chi connectivity index (χ0) is 14.6. The molecule has 0 aromatic carbocycles. The molecule has 1 saturated heterocycles. The van der Waals surface area contributed by atoms with Crippen molar-refractivity contribution in [1.29, 1.82) is 0 Å². The van der Waals surface area contributed by atoms with Crippen LogP contribution in [0.5, 0.6) is 0 Å². The smallest absolute Gasteiger partial charge is 0.274 e. The van der Waals surface area contributed by atoms with Gasteiger partial charge in [-0.05, 0) is 54.0 Å². The summed E-state index contributed by atoms with van der Waals surface area (Å²) in [6.45, 7) is 2.64. The van der Waals surface area contributed by atoms with Gasteiger partial charge >= 0.3 is 0 Å². The summed E-state index contributed by atoms with van der Waals surface area (Å²) in [7, 11) is -1.98. The minimum atomic E-state index is -3.62. The van der Waals surface area contributed by atoms with E-state index in [2.05, 4.69) is 26.0 Å². The number of piperidine rings is 1. The van der Waals surface area contributed by atoms with Crippen LogP contribution < -0.4 is 10.0 Å². The SMILES string of the molecule is COCC1(CNS(=O)(=O)c2ccc(Br)o2)CCNCC1. The fourth-order valence-corrected chi connectivity index (χ4v) is 3.90. The molecule has 0 aliphatic carbocycles. The van der Waals surface area contributed by atoms with E-state index in [9.17, 15) is 8.42 Å². The molecular formula is C12H19BrN2O4S. The van der Waals surface area contributed by atoms with Gasteiger partial charge < -0.3 is 14.5 Å². The van der Waals surface area contributed by atoms with Crippen molar-refractivity contribution in [3.63, 3.8) is 0 Å². The fraction of sp³-hybridized carbons (Fsp3) is 0.667. The minimum Gasteiger partial charge on any atom is -0.437 e. The Morgan fingerprint density at radius 2 is 2.15 bits per heavy atom. The molecule has 0 bridgehead atoms.